The summed E-state index contributed by atoms with van der Waals surface area (Å²) in [7, 11) is -1.16. The molecule has 1 aromatic rings. The number of hydrogen-bond donors (Lipinski definition) is 1. The van der Waals surface area contributed by atoms with Crippen molar-refractivity contribution in [3.63, 3.8) is 0 Å². The van der Waals surface area contributed by atoms with Crippen LogP contribution in [0.3, 0.4) is 0 Å². The summed E-state index contributed by atoms with van der Waals surface area (Å²) in [6.45, 7) is 10.7. The molecule has 1 N–H and O–H groups in total. The Hall–Kier alpha value is -1.20. The van der Waals surface area contributed by atoms with Gasteiger partial charge in [0.05, 0.1) is 4.75 Å². The van der Waals surface area contributed by atoms with Gasteiger partial charge in [-0.15, -0.1) is 0 Å². The normalized spacial score (nSPS) is 20.5. The van der Waals surface area contributed by atoms with Gasteiger partial charge in [-0.3, -0.25) is 4.79 Å². The van der Waals surface area contributed by atoms with Crippen LogP contribution in [0.1, 0.15) is 51.7 Å². The average Bonchev–Trinajstić information content (AvgIpc) is 2.96. The van der Waals surface area contributed by atoms with E-state index in [9.17, 15) is 9.00 Å². The predicted molar refractivity (Wildman–Crippen MR) is 96.8 cm³/mol. The van der Waals surface area contributed by atoms with Gasteiger partial charge in [-0.25, -0.2) is 8.51 Å². The molecule has 23 heavy (non-hydrogen) atoms. The van der Waals surface area contributed by atoms with Crippen molar-refractivity contribution in [3.05, 3.63) is 29.3 Å². The first-order valence-corrected chi connectivity index (χ1v) is 9.44. The first kappa shape index (κ1) is 18.1. The van der Waals surface area contributed by atoms with E-state index >= 15 is 0 Å². The molecule has 128 valence electrons. The number of nitrogens with one attached hydrogen (secondary N) is 1. The van der Waals surface area contributed by atoms with Gasteiger partial charge in [0.15, 0.2) is 0 Å². The molecule has 1 heterocycles. The number of benzene rings is 1. The molecule has 1 saturated heterocycles. The molecule has 5 heteroatoms. The molecule has 0 radical (unpaired) electrons. The van der Waals surface area contributed by atoms with E-state index in [0.717, 1.165) is 42.6 Å². The molecule has 1 aliphatic heterocycles. The van der Waals surface area contributed by atoms with Crippen molar-refractivity contribution in [2.75, 3.05) is 11.9 Å². The SMILES string of the molecule is CCc1cccc(C)c1NC(=O)[C@@H]1CCCN1S(=O)C(C)(C)C. The fraction of sp³-hybridized carbons (Fsp3) is 0.611. The van der Waals surface area contributed by atoms with E-state index in [-0.39, 0.29) is 16.7 Å². The predicted octanol–water partition coefficient (Wildman–Crippen LogP) is 3.42. The van der Waals surface area contributed by atoms with Gasteiger partial charge in [-0.2, -0.15) is 0 Å². The summed E-state index contributed by atoms with van der Waals surface area (Å²) in [6.07, 6.45) is 2.55. The van der Waals surface area contributed by atoms with Crippen LogP contribution in [0.5, 0.6) is 0 Å². The van der Waals surface area contributed by atoms with E-state index in [1.165, 1.54) is 0 Å². The highest BCUT2D eigenvalue weighted by atomic mass is 32.2. The van der Waals surface area contributed by atoms with Crippen LogP contribution in [-0.2, 0) is 22.2 Å². The standard InChI is InChI=1S/C18H28N2O2S/c1-6-14-10-7-9-13(2)16(14)19-17(21)15-11-8-12-20(15)23(22)18(3,4)5/h7,9-10,15H,6,8,11-12H2,1-5H3,(H,19,21)/t15-,23?/m0/s1. The number of carbonyl (C=O) groups excluding carboxylic acids is 1. The van der Waals surface area contributed by atoms with Crippen LogP contribution >= 0.6 is 0 Å². The maximum atomic E-state index is 12.8. The number of amides is 1. The summed E-state index contributed by atoms with van der Waals surface area (Å²) >= 11 is 0. The van der Waals surface area contributed by atoms with Crippen LogP contribution in [0.2, 0.25) is 0 Å². The van der Waals surface area contributed by atoms with Crippen molar-refractivity contribution in [2.24, 2.45) is 0 Å². The molecule has 4 nitrogen and oxygen atoms in total. The summed E-state index contributed by atoms with van der Waals surface area (Å²) in [4.78, 5) is 12.8. The second-order valence-corrected chi connectivity index (χ2v) is 9.30. The summed E-state index contributed by atoms with van der Waals surface area (Å²) in [5.74, 6) is -0.0379. The first-order valence-electron chi connectivity index (χ1n) is 8.33. The molecule has 1 amide bonds. The van der Waals surface area contributed by atoms with Crippen molar-refractivity contribution < 1.29 is 9.00 Å². The fourth-order valence-electron chi connectivity index (χ4n) is 2.96. The molecule has 2 rings (SSSR count). The van der Waals surface area contributed by atoms with Crippen LogP contribution in [0.25, 0.3) is 0 Å². The van der Waals surface area contributed by atoms with Crippen LogP contribution in [0.4, 0.5) is 5.69 Å². The average molecular weight is 337 g/mol. The monoisotopic (exact) mass is 336 g/mol. The van der Waals surface area contributed by atoms with E-state index in [1.807, 2.05) is 50.2 Å². The van der Waals surface area contributed by atoms with Crippen molar-refractivity contribution >= 4 is 22.6 Å². The lowest BCUT2D eigenvalue weighted by Crippen LogP contribution is -2.45. The van der Waals surface area contributed by atoms with Crippen molar-refractivity contribution in [1.82, 2.24) is 4.31 Å². The van der Waals surface area contributed by atoms with E-state index in [1.54, 1.807) is 0 Å². The number of para-hydroxylation sites is 1. The molecule has 0 aliphatic carbocycles. The second kappa shape index (κ2) is 7.14. The lowest BCUT2D eigenvalue weighted by atomic mass is 10.1. The molecule has 1 unspecified atom stereocenters. The van der Waals surface area contributed by atoms with Gasteiger partial charge in [0.1, 0.15) is 17.0 Å². The van der Waals surface area contributed by atoms with Crippen LogP contribution in [0, 0.1) is 6.92 Å². The molecule has 0 aromatic heterocycles. The number of hydrogen-bond acceptors (Lipinski definition) is 2. The molecule has 0 saturated carbocycles. The molecular formula is C18H28N2O2S. The minimum Gasteiger partial charge on any atom is -0.324 e. The minimum atomic E-state index is -1.16. The van der Waals surface area contributed by atoms with Gasteiger partial charge in [0.25, 0.3) is 0 Å². The molecule has 0 spiro atoms. The van der Waals surface area contributed by atoms with E-state index < -0.39 is 11.0 Å². The number of rotatable bonds is 4. The van der Waals surface area contributed by atoms with Gasteiger partial charge in [-0.1, -0.05) is 25.1 Å². The maximum absolute atomic E-state index is 12.8. The number of anilines is 1. The Labute approximate surface area is 142 Å². The molecule has 0 bridgehead atoms. The zero-order chi connectivity index (χ0) is 17.2. The molecule has 1 fully saturated rings. The second-order valence-electron chi connectivity index (χ2n) is 7.11. The quantitative estimate of drug-likeness (QED) is 0.916. The highest BCUT2D eigenvalue weighted by Gasteiger charge is 2.38. The Balaban J connectivity index is 2.19. The minimum absolute atomic E-state index is 0.0379. The topological polar surface area (TPSA) is 49.4 Å². The lowest BCUT2D eigenvalue weighted by molar-refractivity contribution is -0.119. The Morgan fingerprint density at radius 1 is 1.39 bits per heavy atom. The Kier molecular flexibility index (Phi) is 5.63. The molecule has 1 aliphatic rings. The van der Waals surface area contributed by atoms with Gasteiger partial charge in [0.2, 0.25) is 5.91 Å². The van der Waals surface area contributed by atoms with Crippen LogP contribution < -0.4 is 5.32 Å². The van der Waals surface area contributed by atoms with Crippen molar-refractivity contribution in [1.29, 1.82) is 0 Å². The molecule has 1 aromatic carbocycles. The lowest BCUT2D eigenvalue weighted by Gasteiger charge is -2.29. The molecule has 2 atom stereocenters. The third-order valence-electron chi connectivity index (χ3n) is 4.23. The van der Waals surface area contributed by atoms with Gasteiger partial charge in [0, 0.05) is 12.2 Å². The van der Waals surface area contributed by atoms with Gasteiger partial charge in [-0.05, 0) is 58.1 Å². The zero-order valence-electron chi connectivity index (χ0n) is 14.8. The summed E-state index contributed by atoms with van der Waals surface area (Å²) in [5, 5.41) is 3.09. The summed E-state index contributed by atoms with van der Waals surface area (Å²) in [6, 6.07) is 5.76. The Morgan fingerprint density at radius 2 is 2.09 bits per heavy atom. The third-order valence-corrected chi connectivity index (χ3v) is 6.14. The molecular weight excluding hydrogens is 308 g/mol. The Bertz CT molecular complexity index is 608. The fourth-order valence-corrected chi connectivity index (χ4v) is 4.39. The number of carbonyl (C=O) groups is 1. The zero-order valence-corrected chi connectivity index (χ0v) is 15.6. The highest BCUT2D eigenvalue weighted by molar-refractivity contribution is 7.84. The third kappa shape index (κ3) is 4.01. The highest BCUT2D eigenvalue weighted by Crippen LogP contribution is 2.28. The van der Waals surface area contributed by atoms with E-state index in [4.69, 9.17) is 0 Å². The number of aryl methyl sites for hydroxylation is 2. The smallest absolute Gasteiger partial charge is 0.242 e. The largest absolute Gasteiger partial charge is 0.324 e. The Morgan fingerprint density at radius 3 is 2.70 bits per heavy atom. The summed E-state index contributed by atoms with van der Waals surface area (Å²) < 4.78 is 14.2. The van der Waals surface area contributed by atoms with Gasteiger partial charge < -0.3 is 5.32 Å². The van der Waals surface area contributed by atoms with Crippen LogP contribution in [0.15, 0.2) is 18.2 Å². The van der Waals surface area contributed by atoms with Crippen molar-refractivity contribution in [2.45, 2.75) is 64.7 Å². The van der Waals surface area contributed by atoms with E-state index in [2.05, 4.69) is 12.2 Å². The first-order chi connectivity index (χ1) is 10.8. The number of nitrogens with zero attached hydrogens (tertiary/aromatic N) is 1. The van der Waals surface area contributed by atoms with E-state index in [0.29, 0.717) is 0 Å². The van der Waals surface area contributed by atoms with Crippen molar-refractivity contribution in [3.8, 4) is 0 Å². The summed E-state index contributed by atoms with van der Waals surface area (Å²) in [5.41, 5.74) is 3.12. The van der Waals surface area contributed by atoms with Crippen LogP contribution in [-0.4, -0.2) is 31.8 Å². The van der Waals surface area contributed by atoms with Gasteiger partial charge >= 0.3 is 0 Å². The maximum Gasteiger partial charge on any atom is 0.242 e.